The predicted molar refractivity (Wildman–Crippen MR) is 72.4 cm³/mol. The van der Waals surface area contributed by atoms with E-state index in [0.29, 0.717) is 24.3 Å². The van der Waals surface area contributed by atoms with E-state index in [4.69, 9.17) is 18.0 Å². The summed E-state index contributed by atoms with van der Waals surface area (Å²) in [7, 11) is 0. The van der Waals surface area contributed by atoms with Gasteiger partial charge in [-0.15, -0.1) is 0 Å². The summed E-state index contributed by atoms with van der Waals surface area (Å²) in [5.41, 5.74) is 5.16. The summed E-state index contributed by atoms with van der Waals surface area (Å²) >= 11 is 4.72. The SMILES string of the molecule is NC(=S)CCCCN1C(=O)c2cc(F)c(F)cc2C1=O. The van der Waals surface area contributed by atoms with Crippen molar-refractivity contribution in [2.24, 2.45) is 5.73 Å². The minimum absolute atomic E-state index is 0.0942. The van der Waals surface area contributed by atoms with E-state index in [-0.39, 0.29) is 17.7 Å². The van der Waals surface area contributed by atoms with Crippen LogP contribution in [0.2, 0.25) is 0 Å². The lowest BCUT2D eigenvalue weighted by molar-refractivity contribution is 0.0652. The number of hydrogen-bond acceptors (Lipinski definition) is 3. The molecule has 1 aromatic carbocycles. The maximum Gasteiger partial charge on any atom is 0.261 e. The van der Waals surface area contributed by atoms with E-state index in [9.17, 15) is 18.4 Å². The van der Waals surface area contributed by atoms with Crippen LogP contribution in [-0.2, 0) is 0 Å². The maximum absolute atomic E-state index is 13.1. The van der Waals surface area contributed by atoms with Crippen molar-refractivity contribution >= 4 is 29.0 Å². The number of thiocarbonyl (C=S) groups is 1. The third-order valence-corrected chi connectivity index (χ3v) is 3.27. The van der Waals surface area contributed by atoms with Gasteiger partial charge in [0.1, 0.15) is 0 Å². The summed E-state index contributed by atoms with van der Waals surface area (Å²) < 4.78 is 26.2. The molecule has 0 aromatic heterocycles. The van der Waals surface area contributed by atoms with E-state index >= 15 is 0 Å². The normalized spacial score (nSPS) is 13.8. The Kier molecular flexibility index (Phi) is 4.08. The van der Waals surface area contributed by atoms with Gasteiger partial charge < -0.3 is 5.73 Å². The highest BCUT2D eigenvalue weighted by molar-refractivity contribution is 7.80. The Labute approximate surface area is 119 Å². The van der Waals surface area contributed by atoms with Crippen molar-refractivity contribution in [3.63, 3.8) is 0 Å². The van der Waals surface area contributed by atoms with E-state index in [1.54, 1.807) is 0 Å². The molecule has 0 atom stereocenters. The third kappa shape index (κ3) is 2.67. The van der Waals surface area contributed by atoms with Gasteiger partial charge in [-0.3, -0.25) is 14.5 Å². The van der Waals surface area contributed by atoms with Crippen LogP contribution < -0.4 is 5.73 Å². The van der Waals surface area contributed by atoms with Gasteiger partial charge in [0, 0.05) is 6.54 Å². The van der Waals surface area contributed by atoms with Crippen molar-refractivity contribution in [2.45, 2.75) is 19.3 Å². The van der Waals surface area contributed by atoms with Crippen LogP contribution in [0, 0.1) is 11.6 Å². The number of carbonyl (C=O) groups is 2. The standard InChI is InChI=1S/C13H12F2N2O2S/c14-9-5-7-8(6-10(9)15)13(19)17(12(7)18)4-2-1-3-11(16)20/h5-6H,1-4H2,(H2,16,20). The van der Waals surface area contributed by atoms with E-state index in [1.165, 1.54) is 0 Å². The Morgan fingerprint density at radius 1 is 1.10 bits per heavy atom. The summed E-state index contributed by atoms with van der Waals surface area (Å²) in [6.45, 7) is 0.179. The molecule has 1 heterocycles. The molecule has 1 aliphatic rings. The van der Waals surface area contributed by atoms with Crippen molar-refractivity contribution in [2.75, 3.05) is 6.54 Å². The zero-order valence-corrected chi connectivity index (χ0v) is 11.3. The van der Waals surface area contributed by atoms with Crippen molar-refractivity contribution in [1.82, 2.24) is 4.90 Å². The first kappa shape index (κ1) is 14.5. The minimum Gasteiger partial charge on any atom is -0.393 e. The van der Waals surface area contributed by atoms with Crippen LogP contribution in [0.3, 0.4) is 0 Å². The number of amides is 2. The van der Waals surface area contributed by atoms with Gasteiger partial charge in [0.25, 0.3) is 11.8 Å². The summed E-state index contributed by atoms with van der Waals surface area (Å²) in [5.74, 6) is -3.47. The molecule has 0 unspecified atom stereocenters. The van der Waals surface area contributed by atoms with E-state index in [1.807, 2.05) is 0 Å². The molecule has 7 heteroatoms. The van der Waals surface area contributed by atoms with Gasteiger partial charge in [0.05, 0.1) is 16.1 Å². The fraction of sp³-hybridized carbons (Fsp3) is 0.308. The number of imide groups is 1. The summed E-state index contributed by atoms with van der Waals surface area (Å²) in [5, 5.41) is 0. The second-order valence-corrected chi connectivity index (χ2v) is 5.02. The Morgan fingerprint density at radius 2 is 1.60 bits per heavy atom. The summed E-state index contributed by atoms with van der Waals surface area (Å²) in [6.07, 6.45) is 1.71. The highest BCUT2D eigenvalue weighted by atomic mass is 32.1. The van der Waals surface area contributed by atoms with Gasteiger partial charge in [-0.05, 0) is 31.4 Å². The van der Waals surface area contributed by atoms with Crippen molar-refractivity contribution in [3.05, 3.63) is 34.9 Å². The van der Waals surface area contributed by atoms with E-state index < -0.39 is 23.4 Å². The number of fused-ring (bicyclic) bond motifs is 1. The van der Waals surface area contributed by atoms with Crippen molar-refractivity contribution in [3.8, 4) is 0 Å². The lowest BCUT2D eigenvalue weighted by Crippen LogP contribution is -2.30. The number of carbonyl (C=O) groups excluding carboxylic acids is 2. The highest BCUT2D eigenvalue weighted by Gasteiger charge is 2.36. The Balaban J connectivity index is 2.10. The van der Waals surface area contributed by atoms with Gasteiger partial charge >= 0.3 is 0 Å². The fourth-order valence-electron chi connectivity index (χ4n) is 2.06. The molecule has 2 amide bonds. The topological polar surface area (TPSA) is 63.4 Å². The molecule has 0 radical (unpaired) electrons. The van der Waals surface area contributed by atoms with Crippen LogP contribution in [0.15, 0.2) is 12.1 Å². The first-order valence-corrected chi connectivity index (χ1v) is 6.46. The predicted octanol–water partition coefficient (Wildman–Crippen LogP) is 2.02. The third-order valence-electron chi connectivity index (χ3n) is 3.07. The molecule has 0 aliphatic carbocycles. The lowest BCUT2D eigenvalue weighted by Gasteiger charge is -2.13. The summed E-state index contributed by atoms with van der Waals surface area (Å²) in [6, 6.07) is 1.53. The number of nitrogens with zero attached hydrogens (tertiary/aromatic N) is 1. The lowest BCUT2D eigenvalue weighted by atomic mass is 10.1. The van der Waals surface area contributed by atoms with Crippen LogP contribution in [0.4, 0.5) is 8.78 Å². The second-order valence-electron chi connectivity index (χ2n) is 4.50. The molecule has 20 heavy (non-hydrogen) atoms. The monoisotopic (exact) mass is 298 g/mol. The highest BCUT2D eigenvalue weighted by Crippen LogP contribution is 2.25. The largest absolute Gasteiger partial charge is 0.393 e. The van der Waals surface area contributed by atoms with Crippen LogP contribution in [-0.4, -0.2) is 28.2 Å². The van der Waals surface area contributed by atoms with Crippen molar-refractivity contribution < 1.29 is 18.4 Å². The first-order valence-electron chi connectivity index (χ1n) is 6.05. The Hall–Kier alpha value is -1.89. The molecular formula is C13H12F2N2O2S. The molecule has 0 fully saturated rings. The molecule has 1 aliphatic heterocycles. The van der Waals surface area contributed by atoms with Crippen LogP contribution in [0.1, 0.15) is 40.0 Å². The van der Waals surface area contributed by atoms with Gasteiger partial charge in [-0.2, -0.15) is 0 Å². The number of halogens is 2. The first-order chi connectivity index (χ1) is 9.41. The van der Waals surface area contributed by atoms with Crippen LogP contribution in [0.25, 0.3) is 0 Å². The molecule has 0 bridgehead atoms. The van der Waals surface area contributed by atoms with E-state index in [2.05, 4.69) is 0 Å². The van der Waals surface area contributed by atoms with Crippen molar-refractivity contribution in [1.29, 1.82) is 0 Å². The zero-order chi connectivity index (χ0) is 14.9. The second kappa shape index (κ2) is 5.62. The van der Waals surface area contributed by atoms with Gasteiger partial charge in [-0.25, -0.2) is 8.78 Å². The smallest absolute Gasteiger partial charge is 0.261 e. The quantitative estimate of drug-likeness (QED) is 0.513. The average Bonchev–Trinajstić information content (AvgIpc) is 2.60. The Morgan fingerprint density at radius 3 is 2.05 bits per heavy atom. The molecule has 2 rings (SSSR count). The Bertz CT molecular complexity index is 563. The van der Waals surface area contributed by atoms with Gasteiger partial charge in [-0.1, -0.05) is 12.2 Å². The van der Waals surface area contributed by atoms with Gasteiger partial charge in [0.15, 0.2) is 11.6 Å². The molecule has 0 saturated carbocycles. The molecule has 0 saturated heterocycles. The maximum atomic E-state index is 13.1. The molecule has 106 valence electrons. The fourth-order valence-corrected chi connectivity index (χ4v) is 2.20. The average molecular weight is 298 g/mol. The minimum atomic E-state index is -1.14. The van der Waals surface area contributed by atoms with Gasteiger partial charge in [0.2, 0.25) is 0 Å². The number of benzene rings is 1. The molecular weight excluding hydrogens is 286 g/mol. The molecule has 2 N–H and O–H groups in total. The molecule has 1 aromatic rings. The molecule has 4 nitrogen and oxygen atoms in total. The van der Waals surface area contributed by atoms with E-state index in [0.717, 1.165) is 17.0 Å². The number of rotatable bonds is 5. The van der Waals surface area contributed by atoms with Crippen LogP contribution in [0.5, 0.6) is 0 Å². The number of nitrogens with two attached hydrogens (primary N) is 1. The number of unbranched alkanes of at least 4 members (excludes halogenated alkanes) is 1. The summed E-state index contributed by atoms with van der Waals surface area (Å²) in [4.78, 5) is 25.3. The zero-order valence-electron chi connectivity index (χ0n) is 10.5. The van der Waals surface area contributed by atoms with Crippen LogP contribution >= 0.6 is 12.2 Å². The number of hydrogen-bond donors (Lipinski definition) is 1. The molecule has 0 spiro atoms.